The molecule has 0 fully saturated rings. The molecule has 2 heterocycles. The third kappa shape index (κ3) is 5.34. The highest BCUT2D eigenvalue weighted by atomic mass is 19.1. The van der Waals surface area contributed by atoms with Crippen molar-refractivity contribution in [2.45, 2.75) is 20.8 Å². The molecule has 0 unspecified atom stereocenters. The van der Waals surface area contributed by atoms with Gasteiger partial charge in [-0.1, -0.05) is 19.9 Å². The van der Waals surface area contributed by atoms with Crippen molar-refractivity contribution in [3.63, 3.8) is 0 Å². The highest BCUT2D eigenvalue weighted by molar-refractivity contribution is 6.15. The van der Waals surface area contributed by atoms with Gasteiger partial charge in [-0.05, 0) is 37.3 Å². The Hall–Kier alpha value is -4.16. The summed E-state index contributed by atoms with van der Waals surface area (Å²) in [5, 5.41) is 20.0. The van der Waals surface area contributed by atoms with E-state index in [2.05, 4.69) is 16.5 Å². The molecule has 0 aliphatic heterocycles. The number of hydrogen-bond acceptors (Lipinski definition) is 7. The Morgan fingerprint density at radius 2 is 2.00 bits per heavy atom. The van der Waals surface area contributed by atoms with Gasteiger partial charge >= 0.3 is 0 Å². The molecule has 0 saturated heterocycles. The van der Waals surface area contributed by atoms with Crippen molar-refractivity contribution in [1.29, 1.82) is 5.26 Å². The number of hydrogen-bond donors (Lipinski definition) is 2. The number of aliphatic hydroxyl groups excluding tert-OH is 1. The lowest BCUT2D eigenvalue weighted by atomic mass is 9.96. The maximum absolute atomic E-state index is 14.8. The van der Waals surface area contributed by atoms with Crippen LogP contribution in [0.25, 0.3) is 33.2 Å². The zero-order valence-electron chi connectivity index (χ0n) is 21.4. The Balaban J connectivity index is 1.90. The Bertz CT molecular complexity index is 1510. The molecule has 0 saturated carbocycles. The maximum Gasteiger partial charge on any atom is 0.174 e. The predicted molar refractivity (Wildman–Crippen MR) is 142 cm³/mol. The molecule has 4 rings (SSSR count). The molecule has 0 aliphatic rings. The van der Waals surface area contributed by atoms with Crippen LogP contribution in [0.1, 0.15) is 19.7 Å². The number of nitrogens with zero attached hydrogens (tertiary/aromatic N) is 4. The van der Waals surface area contributed by atoms with Gasteiger partial charge in [0.2, 0.25) is 0 Å². The predicted octanol–water partition coefficient (Wildman–Crippen LogP) is 5.15. The molecule has 0 radical (unpaired) electrons. The van der Waals surface area contributed by atoms with E-state index in [1.54, 1.807) is 25.1 Å². The van der Waals surface area contributed by atoms with Gasteiger partial charge in [0.05, 0.1) is 35.5 Å². The Morgan fingerprint density at radius 1 is 1.22 bits per heavy atom. The number of ether oxygens (including phenoxy) is 2. The van der Waals surface area contributed by atoms with Gasteiger partial charge < -0.3 is 24.5 Å². The number of nitriles is 1. The van der Waals surface area contributed by atoms with Crippen molar-refractivity contribution in [2.75, 3.05) is 38.3 Å². The van der Waals surface area contributed by atoms with E-state index in [0.717, 1.165) is 5.52 Å². The summed E-state index contributed by atoms with van der Waals surface area (Å²) in [5.41, 5.74) is 2.86. The van der Waals surface area contributed by atoms with E-state index >= 15 is 0 Å². The average Bonchev–Trinajstić information content (AvgIpc) is 3.23. The minimum absolute atomic E-state index is 0.0429. The summed E-state index contributed by atoms with van der Waals surface area (Å²) in [6, 6.07) is 10.3. The molecule has 192 valence electrons. The average molecular weight is 504 g/mol. The number of benzene rings is 2. The largest absolute Gasteiger partial charge is 0.489 e. The standard InChI is InChI=1S/C28H30FN5O3/c1-6-10-34(5)21-14-19(29)13-20-24-25(31-17(2)32-27(24)33-26(20)21)18-7-8-22(23(12-18)36-11-9-30)37-16-28(3,4)15-35/h6-8,12-14,35H,1,10-11,15-16H2,2-5H3,(H,31,32,33). The minimum atomic E-state index is -0.453. The van der Waals surface area contributed by atoms with E-state index in [1.807, 2.05) is 37.9 Å². The number of halogens is 1. The number of aryl methyl sites for hydroxylation is 1. The van der Waals surface area contributed by atoms with Crippen molar-refractivity contribution in [3.05, 3.63) is 54.6 Å². The summed E-state index contributed by atoms with van der Waals surface area (Å²) in [5.74, 6) is 0.981. The SMILES string of the molecule is C=CCN(C)c1cc(F)cc2c1[nH]c1nc(C)nc(-c3ccc(OCC(C)(C)CO)c(OCC#N)c3)c12. The number of likely N-dealkylation sites (N-methyl/N-ethyl adjacent to an activating group) is 1. The van der Waals surface area contributed by atoms with Crippen molar-refractivity contribution < 1.29 is 19.0 Å². The topological polar surface area (TPSA) is 107 Å². The quantitative estimate of drug-likeness (QED) is 0.288. The zero-order valence-corrected chi connectivity index (χ0v) is 21.4. The Labute approximate surface area is 215 Å². The van der Waals surface area contributed by atoms with Crippen LogP contribution in [0, 0.1) is 29.5 Å². The number of H-pyrrole nitrogens is 1. The van der Waals surface area contributed by atoms with Crippen molar-refractivity contribution in [2.24, 2.45) is 5.41 Å². The van der Waals surface area contributed by atoms with Gasteiger partial charge in [0.15, 0.2) is 18.1 Å². The lowest BCUT2D eigenvalue weighted by Crippen LogP contribution is -2.25. The molecule has 2 N–H and O–H groups in total. The fourth-order valence-electron chi connectivity index (χ4n) is 4.08. The van der Waals surface area contributed by atoms with Gasteiger partial charge in [-0.25, -0.2) is 14.4 Å². The van der Waals surface area contributed by atoms with E-state index in [0.29, 0.717) is 57.2 Å². The van der Waals surface area contributed by atoms with Crippen molar-refractivity contribution in [3.8, 4) is 28.8 Å². The van der Waals surface area contributed by atoms with Gasteiger partial charge in [-0.15, -0.1) is 6.58 Å². The lowest BCUT2D eigenvalue weighted by molar-refractivity contribution is 0.0956. The second kappa shape index (κ2) is 10.4. The molecular formula is C28H30FN5O3. The van der Waals surface area contributed by atoms with Gasteiger partial charge in [-0.2, -0.15) is 5.26 Å². The molecule has 0 bridgehead atoms. The molecule has 0 aliphatic carbocycles. The first-order valence-corrected chi connectivity index (χ1v) is 11.9. The summed E-state index contributed by atoms with van der Waals surface area (Å²) in [4.78, 5) is 14.5. The third-order valence-corrected chi connectivity index (χ3v) is 5.99. The summed E-state index contributed by atoms with van der Waals surface area (Å²) in [6.07, 6.45) is 1.75. The molecule has 4 aromatic rings. The number of rotatable bonds is 10. The molecule has 37 heavy (non-hydrogen) atoms. The van der Waals surface area contributed by atoms with Gasteiger partial charge in [0, 0.05) is 30.0 Å². The number of aromatic nitrogens is 3. The summed E-state index contributed by atoms with van der Waals surface area (Å²) >= 11 is 0. The smallest absolute Gasteiger partial charge is 0.174 e. The molecule has 0 amide bonds. The van der Waals surface area contributed by atoms with Crippen LogP contribution in [-0.4, -0.2) is 53.5 Å². The van der Waals surface area contributed by atoms with Crippen LogP contribution in [0.3, 0.4) is 0 Å². The van der Waals surface area contributed by atoms with Crippen LogP contribution in [-0.2, 0) is 0 Å². The zero-order chi connectivity index (χ0) is 26.7. The van der Waals surface area contributed by atoms with Crippen LogP contribution < -0.4 is 14.4 Å². The van der Waals surface area contributed by atoms with Crippen LogP contribution in [0.5, 0.6) is 11.5 Å². The molecule has 8 nitrogen and oxygen atoms in total. The third-order valence-electron chi connectivity index (χ3n) is 5.99. The fraction of sp³-hybridized carbons (Fsp3) is 0.321. The first-order chi connectivity index (χ1) is 17.7. The van der Waals surface area contributed by atoms with Crippen molar-refractivity contribution >= 4 is 27.6 Å². The van der Waals surface area contributed by atoms with E-state index in [1.165, 1.54) is 12.1 Å². The van der Waals surface area contributed by atoms with E-state index in [-0.39, 0.29) is 25.6 Å². The second-order valence-corrected chi connectivity index (χ2v) is 9.70. The first kappa shape index (κ1) is 25.9. The first-order valence-electron chi connectivity index (χ1n) is 11.9. The van der Waals surface area contributed by atoms with Gasteiger partial charge in [0.25, 0.3) is 0 Å². The molecule has 9 heteroatoms. The molecular weight excluding hydrogens is 473 g/mol. The normalized spacial score (nSPS) is 11.5. The number of aliphatic hydroxyl groups is 1. The van der Waals surface area contributed by atoms with E-state index in [9.17, 15) is 9.50 Å². The molecule has 2 aromatic carbocycles. The highest BCUT2D eigenvalue weighted by Crippen LogP contribution is 2.40. The number of nitrogens with one attached hydrogen (secondary N) is 1. The number of aromatic amines is 1. The molecule has 0 atom stereocenters. The second-order valence-electron chi connectivity index (χ2n) is 9.70. The molecule has 2 aromatic heterocycles. The summed E-state index contributed by atoms with van der Waals surface area (Å²) in [6.45, 7) is 9.93. The number of anilines is 1. The summed E-state index contributed by atoms with van der Waals surface area (Å²) < 4.78 is 26.4. The van der Waals surface area contributed by atoms with Crippen LogP contribution in [0.15, 0.2) is 43.0 Å². The maximum atomic E-state index is 14.8. The number of fused-ring (bicyclic) bond motifs is 3. The molecule has 0 spiro atoms. The minimum Gasteiger partial charge on any atom is -0.489 e. The van der Waals surface area contributed by atoms with Gasteiger partial charge in [-0.3, -0.25) is 0 Å². The van der Waals surface area contributed by atoms with Gasteiger partial charge in [0.1, 0.15) is 23.4 Å². The summed E-state index contributed by atoms with van der Waals surface area (Å²) in [7, 11) is 1.87. The monoisotopic (exact) mass is 503 g/mol. The van der Waals surface area contributed by atoms with Crippen molar-refractivity contribution in [1.82, 2.24) is 15.0 Å². The van der Waals surface area contributed by atoms with E-state index in [4.69, 9.17) is 19.7 Å². The van der Waals surface area contributed by atoms with Crippen LogP contribution >= 0.6 is 0 Å². The van der Waals surface area contributed by atoms with E-state index < -0.39 is 5.41 Å². The highest BCUT2D eigenvalue weighted by Gasteiger charge is 2.22. The van der Waals surface area contributed by atoms with Crippen LogP contribution in [0.4, 0.5) is 10.1 Å². The van der Waals surface area contributed by atoms with Crippen LogP contribution in [0.2, 0.25) is 0 Å². The Kier molecular flexibility index (Phi) is 7.32. The fourth-order valence-corrected chi connectivity index (χ4v) is 4.08. The lowest BCUT2D eigenvalue weighted by Gasteiger charge is -2.22. The Morgan fingerprint density at radius 3 is 2.70 bits per heavy atom.